The van der Waals surface area contributed by atoms with E-state index in [2.05, 4.69) is 20.7 Å². The lowest BCUT2D eigenvalue weighted by Crippen LogP contribution is -2.42. The molecule has 0 bridgehead atoms. The maximum absolute atomic E-state index is 5.32. The Labute approximate surface area is 98.9 Å². The van der Waals surface area contributed by atoms with Crippen LogP contribution in [-0.2, 0) is 11.2 Å². The predicted molar refractivity (Wildman–Crippen MR) is 65.3 cm³/mol. The average Bonchev–Trinajstić information content (AvgIpc) is 2.80. The number of aromatic nitrogens is 1. The first-order valence-corrected chi connectivity index (χ1v) is 5.87. The van der Waals surface area contributed by atoms with Crippen LogP contribution in [0.1, 0.15) is 5.01 Å². The zero-order valence-corrected chi connectivity index (χ0v) is 10.1. The molecule has 1 rings (SSSR count). The third-order valence-corrected chi connectivity index (χ3v) is 2.66. The Morgan fingerprint density at radius 1 is 1.69 bits per heavy atom. The molecule has 0 saturated heterocycles. The van der Waals surface area contributed by atoms with Crippen molar-refractivity contribution in [1.29, 1.82) is 0 Å². The highest BCUT2D eigenvalue weighted by Crippen LogP contribution is 2.03. The molecule has 0 atom stereocenters. The second-order valence-electron chi connectivity index (χ2n) is 2.97. The van der Waals surface area contributed by atoms with Crippen LogP contribution in [0.4, 0.5) is 0 Å². The summed E-state index contributed by atoms with van der Waals surface area (Å²) in [5.74, 6) is 5.89. The molecule has 0 unspecified atom stereocenters. The van der Waals surface area contributed by atoms with Crippen LogP contribution in [-0.4, -0.2) is 37.7 Å². The molecule has 0 aromatic carbocycles. The number of hydrogen-bond acceptors (Lipinski definition) is 5. The van der Waals surface area contributed by atoms with Crippen LogP contribution in [0.25, 0.3) is 0 Å². The summed E-state index contributed by atoms with van der Waals surface area (Å²) in [5, 5.41) is 6.15. The van der Waals surface area contributed by atoms with Gasteiger partial charge in [0, 0.05) is 31.7 Å². The number of methoxy groups -OCH3 is 1. The van der Waals surface area contributed by atoms with Gasteiger partial charge in [0.05, 0.1) is 18.2 Å². The van der Waals surface area contributed by atoms with Gasteiger partial charge in [-0.3, -0.25) is 5.43 Å². The first kappa shape index (κ1) is 12.9. The van der Waals surface area contributed by atoms with E-state index in [1.54, 1.807) is 24.6 Å². The Kier molecular flexibility index (Phi) is 6.47. The third kappa shape index (κ3) is 5.06. The van der Waals surface area contributed by atoms with Gasteiger partial charge in [-0.05, 0) is 0 Å². The second kappa shape index (κ2) is 8.03. The lowest BCUT2D eigenvalue weighted by molar-refractivity contribution is 0.208. The molecule has 0 aliphatic rings. The smallest absolute Gasteiger partial charge is 0.205 e. The molecular formula is C9H17N5OS. The first-order valence-electron chi connectivity index (χ1n) is 4.99. The van der Waals surface area contributed by atoms with Gasteiger partial charge >= 0.3 is 0 Å². The lowest BCUT2D eigenvalue weighted by Gasteiger charge is -2.07. The van der Waals surface area contributed by atoms with Gasteiger partial charge in [-0.15, -0.1) is 11.3 Å². The summed E-state index contributed by atoms with van der Waals surface area (Å²) in [6.45, 7) is 1.92. The number of hydrazine groups is 1. The fraction of sp³-hybridized carbons (Fsp3) is 0.556. The second-order valence-corrected chi connectivity index (χ2v) is 3.95. The average molecular weight is 243 g/mol. The van der Waals surface area contributed by atoms with E-state index in [4.69, 9.17) is 10.6 Å². The van der Waals surface area contributed by atoms with E-state index < -0.39 is 0 Å². The SMILES string of the molecule is COCCN=C(NN)NCCc1nccs1. The lowest BCUT2D eigenvalue weighted by atomic mass is 10.4. The summed E-state index contributed by atoms with van der Waals surface area (Å²) >= 11 is 1.64. The van der Waals surface area contributed by atoms with Crippen molar-refractivity contribution < 1.29 is 4.74 Å². The molecule has 90 valence electrons. The molecule has 1 aromatic heterocycles. The van der Waals surface area contributed by atoms with Crippen LogP contribution in [0, 0.1) is 0 Å². The molecule has 0 fully saturated rings. The fourth-order valence-electron chi connectivity index (χ4n) is 1.07. The summed E-state index contributed by atoms with van der Waals surface area (Å²) in [6.07, 6.45) is 2.66. The molecule has 16 heavy (non-hydrogen) atoms. The number of rotatable bonds is 6. The quantitative estimate of drug-likeness (QED) is 0.211. The van der Waals surface area contributed by atoms with Crippen LogP contribution in [0.15, 0.2) is 16.6 Å². The Balaban J connectivity index is 2.20. The van der Waals surface area contributed by atoms with E-state index in [0.29, 0.717) is 19.1 Å². The van der Waals surface area contributed by atoms with Gasteiger partial charge in [-0.1, -0.05) is 0 Å². The highest BCUT2D eigenvalue weighted by atomic mass is 32.1. The van der Waals surface area contributed by atoms with Gasteiger partial charge in [-0.25, -0.2) is 15.8 Å². The molecule has 0 aliphatic carbocycles. The van der Waals surface area contributed by atoms with Gasteiger partial charge in [0.15, 0.2) is 0 Å². The van der Waals surface area contributed by atoms with Crippen LogP contribution in [0.2, 0.25) is 0 Å². The molecule has 1 aromatic rings. The predicted octanol–water partition coefficient (Wildman–Crippen LogP) is -0.259. The number of thiazole rings is 1. The highest BCUT2D eigenvalue weighted by molar-refractivity contribution is 7.09. The van der Waals surface area contributed by atoms with Crippen molar-refractivity contribution in [1.82, 2.24) is 15.7 Å². The summed E-state index contributed by atoms with van der Waals surface area (Å²) in [6, 6.07) is 0. The monoisotopic (exact) mass is 243 g/mol. The molecule has 0 radical (unpaired) electrons. The van der Waals surface area contributed by atoms with E-state index in [1.807, 2.05) is 5.38 Å². The van der Waals surface area contributed by atoms with Crippen LogP contribution in [0.3, 0.4) is 0 Å². The van der Waals surface area contributed by atoms with Crippen molar-refractivity contribution in [3.63, 3.8) is 0 Å². The molecule has 6 nitrogen and oxygen atoms in total. The van der Waals surface area contributed by atoms with Crippen molar-refractivity contribution in [2.45, 2.75) is 6.42 Å². The highest BCUT2D eigenvalue weighted by Gasteiger charge is 1.97. The maximum Gasteiger partial charge on any atom is 0.205 e. The largest absolute Gasteiger partial charge is 0.383 e. The van der Waals surface area contributed by atoms with Gasteiger partial charge in [0.1, 0.15) is 0 Å². The van der Waals surface area contributed by atoms with E-state index in [0.717, 1.165) is 18.0 Å². The fourth-order valence-corrected chi connectivity index (χ4v) is 1.69. The maximum atomic E-state index is 5.32. The van der Waals surface area contributed by atoms with Crippen molar-refractivity contribution >= 4 is 17.3 Å². The zero-order chi connectivity index (χ0) is 11.6. The normalized spacial score (nSPS) is 11.5. The standard InChI is InChI=1S/C9H17N5OS/c1-15-6-4-13-9(14-10)12-3-2-8-11-5-7-16-8/h5,7H,2-4,6,10H2,1H3,(H2,12,13,14). The molecule has 0 spiro atoms. The minimum absolute atomic E-state index is 0.577. The van der Waals surface area contributed by atoms with E-state index in [1.165, 1.54) is 0 Å². The minimum Gasteiger partial charge on any atom is -0.383 e. The molecule has 1 heterocycles. The Bertz CT molecular complexity index is 301. The van der Waals surface area contributed by atoms with Crippen LogP contribution >= 0.6 is 11.3 Å². The van der Waals surface area contributed by atoms with Crippen molar-refractivity contribution in [2.75, 3.05) is 26.8 Å². The van der Waals surface area contributed by atoms with Gasteiger partial charge in [0.2, 0.25) is 5.96 Å². The van der Waals surface area contributed by atoms with E-state index in [-0.39, 0.29) is 0 Å². The summed E-state index contributed by atoms with van der Waals surface area (Å²) in [7, 11) is 1.64. The topological polar surface area (TPSA) is 84.6 Å². The number of nitrogens with two attached hydrogens (primary N) is 1. The Morgan fingerprint density at radius 2 is 2.56 bits per heavy atom. The van der Waals surface area contributed by atoms with Crippen molar-refractivity contribution in [3.05, 3.63) is 16.6 Å². The first-order chi connectivity index (χ1) is 7.86. The number of nitrogens with zero attached hydrogens (tertiary/aromatic N) is 2. The van der Waals surface area contributed by atoms with Gasteiger partial charge in [-0.2, -0.15) is 0 Å². The summed E-state index contributed by atoms with van der Waals surface area (Å²) < 4.78 is 4.89. The summed E-state index contributed by atoms with van der Waals surface area (Å²) in [5.41, 5.74) is 2.51. The number of aliphatic imine (C=N–C) groups is 1. The summed E-state index contributed by atoms with van der Waals surface area (Å²) in [4.78, 5) is 8.36. The molecule has 0 saturated carbocycles. The zero-order valence-electron chi connectivity index (χ0n) is 9.27. The number of ether oxygens (including phenoxy) is 1. The van der Waals surface area contributed by atoms with Crippen LogP contribution < -0.4 is 16.6 Å². The molecule has 0 aliphatic heterocycles. The molecular weight excluding hydrogens is 226 g/mol. The van der Waals surface area contributed by atoms with E-state index in [9.17, 15) is 0 Å². The van der Waals surface area contributed by atoms with Crippen molar-refractivity contribution in [3.8, 4) is 0 Å². The van der Waals surface area contributed by atoms with E-state index >= 15 is 0 Å². The molecule has 0 amide bonds. The molecule has 4 N–H and O–H groups in total. The van der Waals surface area contributed by atoms with Crippen LogP contribution in [0.5, 0.6) is 0 Å². The molecule has 7 heteroatoms. The minimum atomic E-state index is 0.577. The Hall–Kier alpha value is -1.18. The number of hydrogen-bond donors (Lipinski definition) is 3. The van der Waals surface area contributed by atoms with Crippen molar-refractivity contribution in [2.24, 2.45) is 10.8 Å². The number of nitrogens with one attached hydrogen (secondary N) is 2. The van der Waals surface area contributed by atoms with Gasteiger partial charge < -0.3 is 10.1 Å². The number of guanidine groups is 1. The third-order valence-electron chi connectivity index (χ3n) is 1.82. The van der Waals surface area contributed by atoms with Gasteiger partial charge in [0.25, 0.3) is 0 Å². The Morgan fingerprint density at radius 3 is 3.19 bits per heavy atom.